The molecule has 4 nitrogen and oxygen atoms in total. The van der Waals surface area contributed by atoms with Crippen LogP contribution in [-0.2, 0) is 4.79 Å². The second kappa shape index (κ2) is 4.91. The van der Waals surface area contributed by atoms with E-state index in [0.29, 0.717) is 0 Å². The lowest BCUT2D eigenvalue weighted by molar-refractivity contribution is -0.121. The van der Waals surface area contributed by atoms with Gasteiger partial charge in [-0.3, -0.25) is 10.2 Å². The van der Waals surface area contributed by atoms with E-state index < -0.39 is 0 Å². The first-order chi connectivity index (χ1) is 7.04. The first-order valence-electron chi connectivity index (χ1n) is 4.86. The Morgan fingerprint density at radius 3 is 2.67 bits per heavy atom. The van der Waals surface area contributed by atoms with Crippen LogP contribution in [0.15, 0.2) is 18.2 Å². The van der Waals surface area contributed by atoms with Crippen molar-refractivity contribution in [3.8, 4) is 0 Å². The molecule has 15 heavy (non-hydrogen) atoms. The number of carbonyl (C=O) groups excluding carboxylic acids is 1. The average Bonchev–Trinajstić information content (AvgIpc) is 2.17. The molecule has 0 spiro atoms. The molecule has 4 heteroatoms. The number of nitrogens with one attached hydrogen (secondary N) is 1. The van der Waals surface area contributed by atoms with E-state index in [4.69, 9.17) is 11.6 Å². The van der Waals surface area contributed by atoms with Crippen molar-refractivity contribution in [3.05, 3.63) is 34.9 Å². The Morgan fingerprint density at radius 2 is 2.13 bits per heavy atom. The molecule has 1 atom stereocenters. The maximum Gasteiger partial charge on any atom is 0.235 e. The molecular formula is C11H17N3O. The minimum Gasteiger partial charge on any atom is -0.324 e. The van der Waals surface area contributed by atoms with Gasteiger partial charge in [-0.25, -0.2) is 5.84 Å². The number of hydrogen-bond donors (Lipinski definition) is 3. The maximum absolute atomic E-state index is 11.1. The number of aryl methyl sites for hydroxylation is 2. The molecule has 0 saturated heterocycles. The Balaban J connectivity index is 2.82. The Hall–Kier alpha value is -1.39. The number of hydrogen-bond acceptors (Lipinski definition) is 3. The van der Waals surface area contributed by atoms with Gasteiger partial charge in [0.2, 0.25) is 5.91 Å². The molecule has 0 aliphatic carbocycles. The highest BCUT2D eigenvalue weighted by atomic mass is 16.2. The first kappa shape index (κ1) is 11.7. The zero-order valence-electron chi connectivity index (χ0n) is 9.08. The third kappa shape index (κ3) is 3.04. The number of rotatable bonds is 3. The quantitative estimate of drug-likeness (QED) is 0.387. The first-order valence-corrected chi connectivity index (χ1v) is 4.86. The van der Waals surface area contributed by atoms with Crippen LogP contribution in [0.25, 0.3) is 0 Å². The van der Waals surface area contributed by atoms with Crippen molar-refractivity contribution in [2.24, 2.45) is 11.6 Å². The Morgan fingerprint density at radius 1 is 1.47 bits per heavy atom. The molecule has 82 valence electrons. The van der Waals surface area contributed by atoms with Crippen LogP contribution >= 0.6 is 0 Å². The Labute approximate surface area is 89.6 Å². The fourth-order valence-electron chi connectivity index (χ4n) is 1.61. The number of hydrazine groups is 1. The zero-order valence-corrected chi connectivity index (χ0v) is 9.08. The summed E-state index contributed by atoms with van der Waals surface area (Å²) in [5, 5.41) is 0. The monoisotopic (exact) mass is 207 g/mol. The van der Waals surface area contributed by atoms with E-state index >= 15 is 0 Å². The summed E-state index contributed by atoms with van der Waals surface area (Å²) in [4.78, 5) is 11.1. The van der Waals surface area contributed by atoms with Gasteiger partial charge in [-0.2, -0.15) is 0 Å². The van der Waals surface area contributed by atoms with Gasteiger partial charge in [0.05, 0.1) is 0 Å². The van der Waals surface area contributed by atoms with Crippen molar-refractivity contribution in [1.82, 2.24) is 5.43 Å². The molecule has 0 bridgehead atoms. The number of nitrogens with two attached hydrogens (primary N) is 2. The lowest BCUT2D eigenvalue weighted by Gasteiger charge is -2.14. The van der Waals surface area contributed by atoms with Crippen LogP contribution in [0.2, 0.25) is 0 Å². The topological polar surface area (TPSA) is 81.1 Å². The molecule has 5 N–H and O–H groups in total. The van der Waals surface area contributed by atoms with Crippen LogP contribution in [0.5, 0.6) is 0 Å². The third-order valence-electron chi connectivity index (χ3n) is 2.39. The number of carbonyl (C=O) groups is 1. The molecule has 1 unspecified atom stereocenters. The van der Waals surface area contributed by atoms with Gasteiger partial charge in [-0.05, 0) is 25.0 Å². The average molecular weight is 207 g/mol. The van der Waals surface area contributed by atoms with Crippen LogP contribution in [0, 0.1) is 13.8 Å². The molecule has 1 rings (SSSR count). The van der Waals surface area contributed by atoms with Crippen LogP contribution < -0.4 is 17.0 Å². The lowest BCUT2D eigenvalue weighted by atomic mass is 9.97. The largest absolute Gasteiger partial charge is 0.324 e. The van der Waals surface area contributed by atoms with Crippen molar-refractivity contribution < 1.29 is 4.79 Å². The molecule has 0 aliphatic heterocycles. The van der Waals surface area contributed by atoms with Crippen molar-refractivity contribution in [3.63, 3.8) is 0 Å². The molecule has 1 aromatic rings. The summed E-state index contributed by atoms with van der Waals surface area (Å²) < 4.78 is 0. The number of amides is 1. The zero-order chi connectivity index (χ0) is 11.4. The van der Waals surface area contributed by atoms with Crippen molar-refractivity contribution in [1.29, 1.82) is 0 Å². The van der Waals surface area contributed by atoms with Crippen LogP contribution in [0.4, 0.5) is 0 Å². The van der Waals surface area contributed by atoms with E-state index in [9.17, 15) is 4.79 Å². The third-order valence-corrected chi connectivity index (χ3v) is 2.39. The number of benzene rings is 1. The van der Waals surface area contributed by atoms with Crippen molar-refractivity contribution >= 4 is 5.91 Å². The van der Waals surface area contributed by atoms with E-state index in [2.05, 4.69) is 11.5 Å². The molecular weight excluding hydrogens is 190 g/mol. The second-order valence-corrected chi connectivity index (χ2v) is 3.74. The normalized spacial score (nSPS) is 12.3. The fraction of sp³-hybridized carbons (Fsp3) is 0.364. The summed E-state index contributed by atoms with van der Waals surface area (Å²) in [6.45, 7) is 4.01. The molecule has 1 amide bonds. The van der Waals surface area contributed by atoms with E-state index in [1.807, 2.05) is 26.0 Å². The van der Waals surface area contributed by atoms with Crippen LogP contribution in [0.3, 0.4) is 0 Å². The van der Waals surface area contributed by atoms with Gasteiger partial charge in [0.25, 0.3) is 0 Å². The minimum atomic E-state index is -0.297. The summed E-state index contributed by atoms with van der Waals surface area (Å²) in [5.41, 5.74) is 11.3. The van der Waals surface area contributed by atoms with Crippen LogP contribution in [0.1, 0.15) is 29.2 Å². The summed E-state index contributed by atoms with van der Waals surface area (Å²) in [7, 11) is 0. The molecule has 0 aromatic heterocycles. The highest BCUT2D eigenvalue weighted by Crippen LogP contribution is 2.19. The van der Waals surface area contributed by atoms with E-state index in [0.717, 1.165) is 11.1 Å². The summed E-state index contributed by atoms with van der Waals surface area (Å²) in [6, 6.07) is 5.70. The van der Waals surface area contributed by atoms with E-state index in [1.165, 1.54) is 5.56 Å². The van der Waals surface area contributed by atoms with Gasteiger partial charge < -0.3 is 5.73 Å². The Bertz CT molecular complexity index is 363. The van der Waals surface area contributed by atoms with E-state index in [1.54, 1.807) is 0 Å². The van der Waals surface area contributed by atoms with Crippen LogP contribution in [-0.4, -0.2) is 5.91 Å². The van der Waals surface area contributed by atoms with Gasteiger partial charge in [0.15, 0.2) is 0 Å². The summed E-state index contributed by atoms with van der Waals surface area (Å²) >= 11 is 0. The van der Waals surface area contributed by atoms with Crippen molar-refractivity contribution in [2.75, 3.05) is 0 Å². The molecule has 0 saturated carbocycles. The second-order valence-electron chi connectivity index (χ2n) is 3.74. The van der Waals surface area contributed by atoms with Gasteiger partial charge in [0.1, 0.15) is 0 Å². The van der Waals surface area contributed by atoms with E-state index in [-0.39, 0.29) is 18.4 Å². The summed E-state index contributed by atoms with van der Waals surface area (Å²) in [6.07, 6.45) is 0.209. The highest BCUT2D eigenvalue weighted by Gasteiger charge is 2.12. The minimum absolute atomic E-state index is 0.209. The van der Waals surface area contributed by atoms with Gasteiger partial charge in [-0.1, -0.05) is 23.8 Å². The smallest absolute Gasteiger partial charge is 0.235 e. The molecule has 0 radical (unpaired) electrons. The molecule has 0 heterocycles. The molecule has 0 aliphatic rings. The lowest BCUT2D eigenvalue weighted by Crippen LogP contribution is -2.32. The standard InChI is InChI=1S/C11H17N3O/c1-7-3-4-9(8(2)5-7)10(12)6-11(15)14-13/h3-5,10H,6,12-13H2,1-2H3,(H,14,15). The highest BCUT2D eigenvalue weighted by molar-refractivity contribution is 5.76. The Kier molecular flexibility index (Phi) is 3.82. The molecule has 1 aromatic carbocycles. The van der Waals surface area contributed by atoms with Gasteiger partial charge >= 0.3 is 0 Å². The predicted octanol–water partition coefficient (Wildman–Crippen LogP) is 0.683. The predicted molar refractivity (Wildman–Crippen MR) is 59.8 cm³/mol. The SMILES string of the molecule is Cc1ccc(C(N)CC(=O)NN)c(C)c1. The van der Waals surface area contributed by atoms with Crippen molar-refractivity contribution in [2.45, 2.75) is 26.3 Å². The fourth-order valence-corrected chi connectivity index (χ4v) is 1.61. The maximum atomic E-state index is 11.1. The van der Waals surface area contributed by atoms with Gasteiger partial charge in [-0.15, -0.1) is 0 Å². The summed E-state index contributed by atoms with van der Waals surface area (Å²) in [5.74, 6) is 4.76. The molecule has 0 fully saturated rings. The van der Waals surface area contributed by atoms with Gasteiger partial charge in [0, 0.05) is 12.5 Å².